The summed E-state index contributed by atoms with van der Waals surface area (Å²) < 4.78 is 23.5. The molecule has 15 heavy (non-hydrogen) atoms. The maximum Gasteiger partial charge on any atom is 0.152 e. The number of nitrogens with zero attached hydrogens (tertiary/aromatic N) is 1. The smallest absolute Gasteiger partial charge is 0.152 e. The van der Waals surface area contributed by atoms with Gasteiger partial charge in [-0.15, -0.1) is 11.3 Å². The van der Waals surface area contributed by atoms with Gasteiger partial charge in [-0.25, -0.2) is 8.42 Å². The minimum Gasteiger partial charge on any atom is -0.296 e. The fourth-order valence-electron chi connectivity index (χ4n) is 1.57. The molecule has 0 spiro atoms. The van der Waals surface area contributed by atoms with E-state index in [0.717, 1.165) is 11.0 Å². The van der Waals surface area contributed by atoms with Crippen molar-refractivity contribution in [2.75, 3.05) is 24.6 Å². The van der Waals surface area contributed by atoms with Gasteiger partial charge in [-0.1, -0.05) is 0 Å². The van der Waals surface area contributed by atoms with Crippen LogP contribution in [0.5, 0.6) is 0 Å². The maximum atomic E-state index is 11.2. The van der Waals surface area contributed by atoms with Gasteiger partial charge in [0.15, 0.2) is 9.84 Å². The summed E-state index contributed by atoms with van der Waals surface area (Å²) in [4.78, 5) is 3.47. The first kappa shape index (κ1) is 11.6. The van der Waals surface area contributed by atoms with Gasteiger partial charge in [0.05, 0.1) is 11.5 Å². The van der Waals surface area contributed by atoms with Crippen molar-refractivity contribution in [1.29, 1.82) is 0 Å². The Hall–Kier alpha value is 0.0900. The van der Waals surface area contributed by atoms with Gasteiger partial charge >= 0.3 is 0 Å². The maximum absolute atomic E-state index is 11.2. The van der Waals surface area contributed by atoms with E-state index in [9.17, 15) is 8.42 Å². The van der Waals surface area contributed by atoms with Crippen molar-refractivity contribution < 1.29 is 8.42 Å². The molecule has 2 rings (SSSR count). The lowest BCUT2D eigenvalue weighted by Gasteiger charge is -2.25. The van der Waals surface area contributed by atoms with Crippen LogP contribution in [-0.4, -0.2) is 37.9 Å². The molecular weight excluding hydrogens is 298 g/mol. The van der Waals surface area contributed by atoms with Gasteiger partial charge in [-0.3, -0.25) is 4.90 Å². The number of sulfone groups is 1. The Morgan fingerprint density at radius 3 is 2.60 bits per heavy atom. The van der Waals surface area contributed by atoms with Crippen LogP contribution in [0.1, 0.15) is 4.88 Å². The molecule has 1 aliphatic rings. The lowest BCUT2D eigenvalue weighted by molar-refractivity contribution is 0.290. The summed E-state index contributed by atoms with van der Waals surface area (Å²) in [6.45, 7) is 2.20. The van der Waals surface area contributed by atoms with Crippen LogP contribution in [0.2, 0.25) is 0 Å². The van der Waals surface area contributed by atoms with Crippen LogP contribution in [-0.2, 0) is 16.4 Å². The topological polar surface area (TPSA) is 37.4 Å². The van der Waals surface area contributed by atoms with E-state index in [2.05, 4.69) is 32.3 Å². The molecule has 3 nitrogen and oxygen atoms in total. The van der Waals surface area contributed by atoms with Crippen molar-refractivity contribution in [3.63, 3.8) is 0 Å². The average molecular weight is 310 g/mol. The Labute approximate surface area is 102 Å². The molecule has 1 aliphatic heterocycles. The zero-order valence-corrected chi connectivity index (χ0v) is 11.4. The SMILES string of the molecule is O=S1(=O)CCN(Cc2cc(Br)cs2)CC1. The van der Waals surface area contributed by atoms with Crippen LogP contribution >= 0.6 is 27.3 Å². The first-order chi connectivity index (χ1) is 7.05. The van der Waals surface area contributed by atoms with E-state index < -0.39 is 9.84 Å². The molecule has 1 aromatic heterocycles. The molecule has 6 heteroatoms. The van der Waals surface area contributed by atoms with E-state index in [1.807, 2.05) is 0 Å². The molecule has 0 saturated carbocycles. The van der Waals surface area contributed by atoms with Crippen LogP contribution in [0.15, 0.2) is 15.9 Å². The summed E-state index contributed by atoms with van der Waals surface area (Å²) in [6.07, 6.45) is 0. The lowest BCUT2D eigenvalue weighted by Crippen LogP contribution is -2.39. The predicted molar refractivity (Wildman–Crippen MR) is 65.9 cm³/mol. The molecule has 0 atom stereocenters. The average Bonchev–Trinajstić information content (AvgIpc) is 2.55. The molecule has 0 radical (unpaired) electrons. The number of thiophene rings is 1. The Bertz CT molecular complexity index is 427. The van der Waals surface area contributed by atoms with E-state index in [-0.39, 0.29) is 0 Å². The fraction of sp³-hybridized carbons (Fsp3) is 0.556. The van der Waals surface area contributed by atoms with Crippen molar-refractivity contribution in [2.24, 2.45) is 0 Å². The van der Waals surface area contributed by atoms with E-state index in [1.54, 1.807) is 11.3 Å². The highest BCUT2D eigenvalue weighted by Gasteiger charge is 2.21. The fourth-order valence-corrected chi connectivity index (χ4v) is 4.33. The summed E-state index contributed by atoms with van der Waals surface area (Å²) in [5, 5.41) is 2.05. The molecule has 1 aromatic rings. The molecule has 0 bridgehead atoms. The first-order valence-electron chi connectivity index (χ1n) is 4.71. The van der Waals surface area contributed by atoms with E-state index in [4.69, 9.17) is 0 Å². The molecule has 0 amide bonds. The Balaban J connectivity index is 1.92. The van der Waals surface area contributed by atoms with Crippen LogP contribution in [0.4, 0.5) is 0 Å². The highest BCUT2D eigenvalue weighted by Crippen LogP contribution is 2.21. The molecule has 0 N–H and O–H groups in total. The minimum absolute atomic E-state index is 0.305. The van der Waals surface area contributed by atoms with Gasteiger partial charge in [-0.05, 0) is 22.0 Å². The molecular formula is C9H12BrNO2S2. The number of hydrogen-bond donors (Lipinski definition) is 0. The van der Waals surface area contributed by atoms with Gasteiger partial charge in [0.2, 0.25) is 0 Å². The van der Waals surface area contributed by atoms with Gasteiger partial charge in [0.1, 0.15) is 0 Å². The van der Waals surface area contributed by atoms with E-state index in [0.29, 0.717) is 24.6 Å². The summed E-state index contributed by atoms with van der Waals surface area (Å²) in [5.41, 5.74) is 0. The molecule has 84 valence electrons. The molecule has 0 unspecified atom stereocenters. The number of hydrogen-bond acceptors (Lipinski definition) is 4. The van der Waals surface area contributed by atoms with Crippen LogP contribution < -0.4 is 0 Å². The van der Waals surface area contributed by atoms with Crippen LogP contribution in [0, 0.1) is 0 Å². The lowest BCUT2D eigenvalue weighted by atomic mass is 10.4. The number of halogens is 1. The second-order valence-corrected chi connectivity index (χ2v) is 7.87. The largest absolute Gasteiger partial charge is 0.296 e. The molecule has 1 saturated heterocycles. The second-order valence-electron chi connectivity index (χ2n) is 3.66. The minimum atomic E-state index is -2.75. The third kappa shape index (κ3) is 3.27. The second kappa shape index (κ2) is 4.53. The summed E-state index contributed by atoms with van der Waals surface area (Å²) >= 11 is 5.12. The third-order valence-electron chi connectivity index (χ3n) is 2.44. The molecule has 0 aliphatic carbocycles. The number of rotatable bonds is 2. The first-order valence-corrected chi connectivity index (χ1v) is 8.20. The summed E-state index contributed by atoms with van der Waals surface area (Å²) in [6, 6.07) is 2.09. The monoisotopic (exact) mass is 309 g/mol. The Morgan fingerprint density at radius 1 is 1.40 bits per heavy atom. The van der Waals surface area contributed by atoms with Crippen molar-refractivity contribution >= 4 is 37.1 Å². The zero-order chi connectivity index (χ0) is 10.9. The van der Waals surface area contributed by atoms with Crippen LogP contribution in [0.25, 0.3) is 0 Å². The Kier molecular flexibility index (Phi) is 3.49. The van der Waals surface area contributed by atoms with E-state index in [1.165, 1.54) is 4.88 Å². The standard InChI is InChI=1S/C9H12BrNO2S2/c10-8-5-9(14-7-8)6-11-1-3-15(12,13)4-2-11/h5,7H,1-4,6H2. The van der Waals surface area contributed by atoms with Crippen molar-refractivity contribution in [3.8, 4) is 0 Å². The Morgan fingerprint density at radius 2 is 2.07 bits per heavy atom. The van der Waals surface area contributed by atoms with Crippen molar-refractivity contribution in [2.45, 2.75) is 6.54 Å². The van der Waals surface area contributed by atoms with Gasteiger partial charge in [-0.2, -0.15) is 0 Å². The predicted octanol–water partition coefficient (Wildman–Crippen LogP) is 1.74. The molecule has 1 fully saturated rings. The summed E-state index contributed by atoms with van der Waals surface area (Å²) in [7, 11) is -2.75. The molecule has 0 aromatic carbocycles. The van der Waals surface area contributed by atoms with Crippen molar-refractivity contribution in [1.82, 2.24) is 4.90 Å². The van der Waals surface area contributed by atoms with Gasteiger partial charge in [0, 0.05) is 34.4 Å². The summed E-state index contributed by atoms with van der Waals surface area (Å²) in [5.74, 6) is 0.610. The van der Waals surface area contributed by atoms with Crippen molar-refractivity contribution in [3.05, 3.63) is 20.8 Å². The highest BCUT2D eigenvalue weighted by molar-refractivity contribution is 9.10. The highest BCUT2D eigenvalue weighted by atomic mass is 79.9. The quantitative estimate of drug-likeness (QED) is 0.835. The van der Waals surface area contributed by atoms with Gasteiger partial charge in [0.25, 0.3) is 0 Å². The zero-order valence-electron chi connectivity index (χ0n) is 8.15. The van der Waals surface area contributed by atoms with E-state index >= 15 is 0 Å². The molecule has 2 heterocycles. The van der Waals surface area contributed by atoms with Gasteiger partial charge < -0.3 is 0 Å². The third-order valence-corrected chi connectivity index (χ3v) is 5.73. The normalized spacial score (nSPS) is 21.7. The van der Waals surface area contributed by atoms with Crippen LogP contribution in [0.3, 0.4) is 0 Å².